The van der Waals surface area contributed by atoms with Crippen LogP contribution in [0.5, 0.6) is 0 Å². The molecule has 582 valence electrons. The van der Waals surface area contributed by atoms with Crippen LogP contribution in [0.15, 0.2) is 0 Å². The fraction of sp³-hybridized carbons (Fsp3) is 0.949. The molecule has 19 heteroatoms. The van der Waals surface area contributed by atoms with E-state index >= 15 is 0 Å². The van der Waals surface area contributed by atoms with Crippen LogP contribution < -0.4 is 0 Å². The number of aliphatic hydroxyl groups excluding tert-OH is 1. The Labute approximate surface area is 600 Å². The van der Waals surface area contributed by atoms with E-state index in [1.807, 2.05) is 0 Å². The van der Waals surface area contributed by atoms with Crippen LogP contribution in [0, 0.1) is 23.7 Å². The minimum absolute atomic E-state index is 0.104. The predicted molar refractivity (Wildman–Crippen MR) is 400 cm³/mol. The molecule has 0 aromatic rings. The Morgan fingerprint density at radius 2 is 0.429 bits per heavy atom. The highest BCUT2D eigenvalue weighted by Gasteiger charge is 2.30. The van der Waals surface area contributed by atoms with Gasteiger partial charge in [-0.25, -0.2) is 9.13 Å². The third kappa shape index (κ3) is 72.4. The van der Waals surface area contributed by atoms with Gasteiger partial charge in [0.15, 0.2) is 12.2 Å². The summed E-state index contributed by atoms with van der Waals surface area (Å²) in [7, 11) is -9.92. The van der Waals surface area contributed by atoms with Crippen molar-refractivity contribution in [3.63, 3.8) is 0 Å². The SMILES string of the molecule is CC(C)CCCCCCCCCCCCCCCCCCCCC(=O)O[C@H](COC(=O)CCCCCCCCCCCCCCC(C)C)COP(=O)(O)OCC(O)COP(=O)(O)OC[C@@H](COC(=O)CCCCCCCCCC(C)C)OC(=O)CCCCCCCCCCCC(C)C. The van der Waals surface area contributed by atoms with Gasteiger partial charge in [-0.15, -0.1) is 0 Å². The number of rotatable bonds is 76. The summed E-state index contributed by atoms with van der Waals surface area (Å²) < 4.78 is 68.6. The third-order valence-corrected chi connectivity index (χ3v) is 20.2. The average Bonchev–Trinajstić information content (AvgIpc) is 1.03. The van der Waals surface area contributed by atoms with Crippen molar-refractivity contribution in [2.24, 2.45) is 23.7 Å². The second-order valence-corrected chi connectivity index (χ2v) is 33.3. The summed E-state index contributed by atoms with van der Waals surface area (Å²) in [5, 5.41) is 10.6. The van der Waals surface area contributed by atoms with Crippen molar-refractivity contribution < 1.29 is 80.2 Å². The average molecular weight is 1440 g/mol. The first-order valence-corrected chi connectivity index (χ1v) is 43.7. The minimum Gasteiger partial charge on any atom is -0.462 e. The molecule has 0 heterocycles. The Hall–Kier alpha value is -1.94. The molecule has 0 rings (SSSR count). The molecule has 0 aliphatic rings. The van der Waals surface area contributed by atoms with E-state index < -0.39 is 97.5 Å². The van der Waals surface area contributed by atoms with Gasteiger partial charge in [0.25, 0.3) is 0 Å². The van der Waals surface area contributed by atoms with Crippen LogP contribution in [-0.4, -0.2) is 96.7 Å². The van der Waals surface area contributed by atoms with Crippen LogP contribution in [0.3, 0.4) is 0 Å². The topological polar surface area (TPSA) is 237 Å². The quantitative estimate of drug-likeness (QED) is 0.0222. The van der Waals surface area contributed by atoms with Gasteiger partial charge in [0, 0.05) is 25.7 Å². The van der Waals surface area contributed by atoms with Gasteiger partial charge in [-0.05, 0) is 49.4 Å². The fourth-order valence-electron chi connectivity index (χ4n) is 12.1. The van der Waals surface area contributed by atoms with Gasteiger partial charge in [-0.1, -0.05) is 351 Å². The number of phosphoric ester groups is 2. The van der Waals surface area contributed by atoms with Gasteiger partial charge in [-0.3, -0.25) is 37.3 Å². The van der Waals surface area contributed by atoms with Crippen molar-refractivity contribution >= 4 is 39.5 Å². The number of unbranched alkanes of at least 4 members (excludes halogenated alkanes) is 42. The number of hydrogen-bond acceptors (Lipinski definition) is 15. The van der Waals surface area contributed by atoms with E-state index in [1.165, 1.54) is 199 Å². The van der Waals surface area contributed by atoms with Crippen LogP contribution in [0.4, 0.5) is 0 Å². The predicted octanol–water partition coefficient (Wildman–Crippen LogP) is 23.2. The second kappa shape index (κ2) is 68.2. The molecule has 0 aliphatic heterocycles. The molecular weight excluding hydrogens is 1280 g/mol. The van der Waals surface area contributed by atoms with E-state index in [9.17, 15) is 43.2 Å². The van der Waals surface area contributed by atoms with E-state index in [4.69, 9.17) is 37.0 Å². The number of hydrogen-bond donors (Lipinski definition) is 3. The maximum atomic E-state index is 13.1. The summed E-state index contributed by atoms with van der Waals surface area (Å²) in [4.78, 5) is 72.9. The van der Waals surface area contributed by atoms with Crippen molar-refractivity contribution in [1.82, 2.24) is 0 Å². The first-order valence-electron chi connectivity index (χ1n) is 40.7. The van der Waals surface area contributed by atoms with Crippen LogP contribution in [0.1, 0.15) is 402 Å². The summed E-state index contributed by atoms with van der Waals surface area (Å²) in [5.41, 5.74) is 0. The number of ether oxygens (including phenoxy) is 4. The molecular formula is C79H154O17P2. The first kappa shape index (κ1) is 96.1. The van der Waals surface area contributed by atoms with E-state index in [-0.39, 0.29) is 25.7 Å². The summed E-state index contributed by atoms with van der Waals surface area (Å²) in [5.74, 6) is 0.925. The van der Waals surface area contributed by atoms with Crippen LogP contribution in [0.25, 0.3) is 0 Å². The minimum atomic E-state index is -4.96. The Morgan fingerprint density at radius 3 is 0.633 bits per heavy atom. The zero-order chi connectivity index (χ0) is 72.4. The molecule has 0 radical (unpaired) electrons. The van der Waals surface area contributed by atoms with Crippen molar-refractivity contribution in [1.29, 1.82) is 0 Å². The lowest BCUT2D eigenvalue weighted by atomic mass is 10.0. The molecule has 5 atom stereocenters. The van der Waals surface area contributed by atoms with Crippen LogP contribution in [-0.2, 0) is 65.4 Å². The molecule has 0 aromatic heterocycles. The smallest absolute Gasteiger partial charge is 0.462 e. The van der Waals surface area contributed by atoms with Crippen molar-refractivity contribution in [3.05, 3.63) is 0 Å². The first-order chi connectivity index (χ1) is 47.1. The number of carbonyl (C=O) groups is 4. The Kier molecular flexibility index (Phi) is 66.8. The van der Waals surface area contributed by atoms with Crippen molar-refractivity contribution in [2.75, 3.05) is 39.6 Å². The molecule has 0 bridgehead atoms. The largest absolute Gasteiger partial charge is 0.472 e. The zero-order valence-electron chi connectivity index (χ0n) is 64.4. The Morgan fingerprint density at radius 1 is 0.255 bits per heavy atom. The molecule has 0 aromatic carbocycles. The van der Waals surface area contributed by atoms with Crippen LogP contribution in [0.2, 0.25) is 0 Å². The third-order valence-electron chi connectivity index (χ3n) is 18.3. The highest BCUT2D eigenvalue weighted by molar-refractivity contribution is 7.47. The number of phosphoric acid groups is 2. The lowest BCUT2D eigenvalue weighted by Crippen LogP contribution is -2.30. The number of carbonyl (C=O) groups excluding carboxylic acids is 4. The molecule has 3 unspecified atom stereocenters. The number of esters is 4. The summed E-state index contributed by atoms with van der Waals surface area (Å²) in [6.07, 6.45) is 54.3. The Bertz CT molecular complexity index is 1920. The standard InChI is InChI=1S/C79H154O17P2/c1-69(2)55-47-39-31-24-19-15-13-11-9-10-12-14-16-22-28-36-45-53-61-78(83)95-74(65-89-76(81)59-51-43-35-27-21-18-17-20-25-32-40-48-56-70(3)4)67-93-97(85,86)91-63-73(80)64-92-98(87,88)94-68-75(66-90-77(82)60-52-44-38-30-34-42-50-58-72(7)8)96-79(84)62-54-46-37-29-23-26-33-41-49-57-71(5)6/h69-75,80H,9-68H2,1-8H3,(H,85,86)(H,87,88)/t73?,74-,75-/m1/s1. The van der Waals surface area contributed by atoms with Gasteiger partial charge >= 0.3 is 39.5 Å². The molecule has 0 fully saturated rings. The highest BCUT2D eigenvalue weighted by Crippen LogP contribution is 2.45. The molecule has 0 aliphatic carbocycles. The molecule has 17 nitrogen and oxygen atoms in total. The van der Waals surface area contributed by atoms with Crippen LogP contribution >= 0.6 is 15.6 Å². The number of aliphatic hydroxyl groups is 1. The summed E-state index contributed by atoms with van der Waals surface area (Å²) in [6, 6.07) is 0. The van der Waals surface area contributed by atoms with E-state index in [1.54, 1.807) is 0 Å². The molecule has 0 amide bonds. The van der Waals surface area contributed by atoms with E-state index in [2.05, 4.69) is 55.4 Å². The zero-order valence-corrected chi connectivity index (χ0v) is 66.2. The molecule has 0 saturated heterocycles. The van der Waals surface area contributed by atoms with Crippen molar-refractivity contribution in [2.45, 2.75) is 420 Å². The van der Waals surface area contributed by atoms with Gasteiger partial charge < -0.3 is 33.8 Å². The fourth-order valence-corrected chi connectivity index (χ4v) is 13.7. The lowest BCUT2D eigenvalue weighted by molar-refractivity contribution is -0.161. The maximum Gasteiger partial charge on any atom is 0.472 e. The van der Waals surface area contributed by atoms with Crippen molar-refractivity contribution in [3.8, 4) is 0 Å². The summed E-state index contributed by atoms with van der Waals surface area (Å²) >= 11 is 0. The van der Waals surface area contributed by atoms with Gasteiger partial charge in [0.05, 0.1) is 26.4 Å². The van der Waals surface area contributed by atoms with Gasteiger partial charge in [0.1, 0.15) is 19.3 Å². The second-order valence-electron chi connectivity index (χ2n) is 30.4. The monoisotopic (exact) mass is 1440 g/mol. The highest BCUT2D eigenvalue weighted by atomic mass is 31.2. The van der Waals surface area contributed by atoms with Gasteiger partial charge in [-0.2, -0.15) is 0 Å². The Balaban J connectivity index is 5.22. The molecule has 98 heavy (non-hydrogen) atoms. The summed E-state index contributed by atoms with van der Waals surface area (Å²) in [6.45, 7) is 14.2. The molecule has 0 saturated carbocycles. The molecule has 3 N–H and O–H groups in total. The lowest BCUT2D eigenvalue weighted by Gasteiger charge is -2.21. The molecule has 0 spiro atoms. The maximum absolute atomic E-state index is 13.1. The normalized spacial score (nSPS) is 14.1. The van der Waals surface area contributed by atoms with Gasteiger partial charge in [0.2, 0.25) is 0 Å². The van der Waals surface area contributed by atoms with E-state index in [0.717, 1.165) is 114 Å². The van der Waals surface area contributed by atoms with E-state index in [0.29, 0.717) is 31.6 Å².